The van der Waals surface area contributed by atoms with Gasteiger partial charge in [0.05, 0.1) is 6.42 Å². The molecule has 1 aromatic rings. The number of aliphatic carboxylic acids is 1. The van der Waals surface area contributed by atoms with Crippen molar-refractivity contribution in [2.75, 3.05) is 11.9 Å². The Morgan fingerprint density at radius 3 is 2.39 bits per heavy atom. The van der Waals surface area contributed by atoms with E-state index in [9.17, 15) is 9.59 Å². The summed E-state index contributed by atoms with van der Waals surface area (Å²) < 4.78 is 0. The number of para-hydroxylation sites is 1. The monoisotopic (exact) mass is 249 g/mol. The molecule has 18 heavy (non-hydrogen) atoms. The van der Waals surface area contributed by atoms with Gasteiger partial charge in [0.2, 0.25) is 5.91 Å². The third-order valence-corrected chi connectivity index (χ3v) is 2.88. The molecule has 1 N–H and O–H groups in total. The molecular formula is C14H19NO3. The Kier molecular flexibility index (Phi) is 5.36. The molecule has 0 aliphatic rings. The molecular weight excluding hydrogens is 230 g/mol. The molecule has 1 amide bonds. The minimum Gasteiger partial charge on any atom is -0.481 e. The quantitative estimate of drug-likeness (QED) is 0.842. The average molecular weight is 249 g/mol. The Labute approximate surface area is 107 Å². The number of hydrogen-bond acceptors (Lipinski definition) is 2. The summed E-state index contributed by atoms with van der Waals surface area (Å²) in [6, 6.07) is 9.25. The number of benzene rings is 1. The van der Waals surface area contributed by atoms with Crippen molar-refractivity contribution in [2.24, 2.45) is 5.92 Å². The van der Waals surface area contributed by atoms with Gasteiger partial charge in [0.15, 0.2) is 0 Å². The SMILES string of the molecule is CCCC(CC(=O)O)C(=O)N(C)c1ccccc1. The first-order chi connectivity index (χ1) is 8.56. The molecule has 98 valence electrons. The van der Waals surface area contributed by atoms with Gasteiger partial charge in [-0.1, -0.05) is 31.5 Å². The molecule has 1 rings (SSSR count). The summed E-state index contributed by atoms with van der Waals surface area (Å²) >= 11 is 0. The van der Waals surface area contributed by atoms with E-state index in [2.05, 4.69) is 0 Å². The summed E-state index contributed by atoms with van der Waals surface area (Å²) in [5, 5.41) is 8.84. The van der Waals surface area contributed by atoms with Gasteiger partial charge < -0.3 is 10.0 Å². The number of rotatable bonds is 6. The Morgan fingerprint density at radius 2 is 1.89 bits per heavy atom. The van der Waals surface area contributed by atoms with Crippen LogP contribution in [0.25, 0.3) is 0 Å². The molecule has 0 heterocycles. The minimum atomic E-state index is -0.928. The smallest absolute Gasteiger partial charge is 0.304 e. The van der Waals surface area contributed by atoms with E-state index in [4.69, 9.17) is 5.11 Å². The van der Waals surface area contributed by atoms with Gasteiger partial charge in [-0.3, -0.25) is 9.59 Å². The largest absolute Gasteiger partial charge is 0.481 e. The summed E-state index contributed by atoms with van der Waals surface area (Å²) in [7, 11) is 1.68. The molecule has 4 nitrogen and oxygen atoms in total. The van der Waals surface area contributed by atoms with E-state index in [1.165, 1.54) is 4.90 Å². The Bertz CT molecular complexity index is 403. The van der Waals surface area contributed by atoms with Gasteiger partial charge in [0.25, 0.3) is 0 Å². The second-order valence-electron chi connectivity index (χ2n) is 4.32. The van der Waals surface area contributed by atoms with Gasteiger partial charge in [-0.25, -0.2) is 0 Å². The average Bonchev–Trinajstić information content (AvgIpc) is 2.37. The lowest BCUT2D eigenvalue weighted by molar-refractivity contribution is -0.140. The molecule has 0 radical (unpaired) electrons. The van der Waals surface area contributed by atoms with Crippen LogP contribution in [0.5, 0.6) is 0 Å². The predicted octanol–water partition coefficient (Wildman–Crippen LogP) is 2.54. The van der Waals surface area contributed by atoms with E-state index in [-0.39, 0.29) is 12.3 Å². The van der Waals surface area contributed by atoms with E-state index in [0.717, 1.165) is 12.1 Å². The van der Waals surface area contributed by atoms with Crippen LogP contribution < -0.4 is 4.90 Å². The fourth-order valence-corrected chi connectivity index (χ4v) is 1.92. The van der Waals surface area contributed by atoms with E-state index < -0.39 is 11.9 Å². The standard InChI is InChI=1S/C14H19NO3/c1-3-7-11(10-13(16)17)14(18)15(2)12-8-5-4-6-9-12/h4-6,8-9,11H,3,7,10H2,1-2H3,(H,16,17). The summed E-state index contributed by atoms with van der Waals surface area (Å²) in [6.45, 7) is 1.95. The number of carbonyl (C=O) groups excluding carboxylic acids is 1. The van der Waals surface area contributed by atoms with Crippen LogP contribution in [0.3, 0.4) is 0 Å². The second kappa shape index (κ2) is 6.79. The summed E-state index contributed by atoms with van der Waals surface area (Å²) in [6.07, 6.45) is 1.29. The number of amides is 1. The van der Waals surface area contributed by atoms with Crippen LogP contribution in [0.15, 0.2) is 30.3 Å². The Balaban J connectivity index is 2.79. The zero-order valence-corrected chi connectivity index (χ0v) is 10.8. The van der Waals surface area contributed by atoms with Crippen LogP contribution in [-0.2, 0) is 9.59 Å². The molecule has 0 fully saturated rings. The highest BCUT2D eigenvalue weighted by Crippen LogP contribution is 2.19. The van der Waals surface area contributed by atoms with Crippen molar-refractivity contribution in [1.29, 1.82) is 0 Å². The summed E-state index contributed by atoms with van der Waals surface area (Å²) in [5.41, 5.74) is 0.786. The van der Waals surface area contributed by atoms with Crippen LogP contribution in [-0.4, -0.2) is 24.0 Å². The molecule has 0 bridgehead atoms. The highest BCUT2D eigenvalue weighted by atomic mass is 16.4. The number of carboxylic acid groups (broad SMARTS) is 1. The van der Waals surface area contributed by atoms with Crippen molar-refractivity contribution in [1.82, 2.24) is 0 Å². The molecule has 1 unspecified atom stereocenters. The lowest BCUT2D eigenvalue weighted by atomic mass is 9.98. The highest BCUT2D eigenvalue weighted by Gasteiger charge is 2.24. The number of carboxylic acids is 1. The molecule has 0 saturated heterocycles. The first-order valence-electron chi connectivity index (χ1n) is 6.10. The number of carbonyl (C=O) groups is 2. The Morgan fingerprint density at radius 1 is 1.28 bits per heavy atom. The van der Waals surface area contributed by atoms with Gasteiger partial charge in [0.1, 0.15) is 0 Å². The maximum absolute atomic E-state index is 12.2. The van der Waals surface area contributed by atoms with E-state index in [0.29, 0.717) is 6.42 Å². The number of anilines is 1. The van der Waals surface area contributed by atoms with Crippen LogP contribution in [0, 0.1) is 5.92 Å². The third kappa shape index (κ3) is 3.87. The summed E-state index contributed by atoms with van der Waals surface area (Å²) in [5.74, 6) is -1.51. The minimum absolute atomic E-state index is 0.107. The maximum Gasteiger partial charge on any atom is 0.304 e. The van der Waals surface area contributed by atoms with Crippen LogP contribution in [0.2, 0.25) is 0 Å². The van der Waals surface area contributed by atoms with Crippen molar-refractivity contribution >= 4 is 17.6 Å². The van der Waals surface area contributed by atoms with Crippen molar-refractivity contribution in [3.05, 3.63) is 30.3 Å². The molecule has 0 aromatic heterocycles. The fourth-order valence-electron chi connectivity index (χ4n) is 1.92. The van der Waals surface area contributed by atoms with Gasteiger partial charge in [0, 0.05) is 18.7 Å². The van der Waals surface area contributed by atoms with Gasteiger partial charge >= 0.3 is 5.97 Å². The predicted molar refractivity (Wildman–Crippen MR) is 70.5 cm³/mol. The van der Waals surface area contributed by atoms with Crippen molar-refractivity contribution in [2.45, 2.75) is 26.2 Å². The lowest BCUT2D eigenvalue weighted by Crippen LogP contribution is -2.34. The van der Waals surface area contributed by atoms with Gasteiger partial charge in [-0.05, 0) is 18.6 Å². The topological polar surface area (TPSA) is 57.6 Å². The van der Waals surface area contributed by atoms with Gasteiger partial charge in [-0.15, -0.1) is 0 Å². The molecule has 0 saturated carbocycles. The maximum atomic E-state index is 12.2. The van der Waals surface area contributed by atoms with E-state index >= 15 is 0 Å². The van der Waals surface area contributed by atoms with E-state index in [1.54, 1.807) is 7.05 Å². The number of hydrogen-bond donors (Lipinski definition) is 1. The molecule has 0 spiro atoms. The van der Waals surface area contributed by atoms with E-state index in [1.807, 2.05) is 37.3 Å². The third-order valence-electron chi connectivity index (χ3n) is 2.88. The zero-order valence-electron chi connectivity index (χ0n) is 10.8. The highest BCUT2D eigenvalue weighted by molar-refractivity contribution is 5.96. The fraction of sp³-hybridized carbons (Fsp3) is 0.429. The molecule has 1 aromatic carbocycles. The molecule has 0 aliphatic heterocycles. The summed E-state index contributed by atoms with van der Waals surface area (Å²) in [4.78, 5) is 24.5. The first-order valence-corrected chi connectivity index (χ1v) is 6.10. The van der Waals surface area contributed by atoms with Crippen LogP contribution >= 0.6 is 0 Å². The van der Waals surface area contributed by atoms with Crippen LogP contribution in [0.1, 0.15) is 26.2 Å². The van der Waals surface area contributed by atoms with Crippen molar-refractivity contribution in [3.63, 3.8) is 0 Å². The Hall–Kier alpha value is -1.84. The van der Waals surface area contributed by atoms with Gasteiger partial charge in [-0.2, -0.15) is 0 Å². The first kappa shape index (κ1) is 14.2. The zero-order chi connectivity index (χ0) is 13.5. The molecule has 4 heteroatoms. The second-order valence-corrected chi connectivity index (χ2v) is 4.32. The normalized spacial score (nSPS) is 11.9. The lowest BCUT2D eigenvalue weighted by Gasteiger charge is -2.22. The van der Waals surface area contributed by atoms with Crippen molar-refractivity contribution in [3.8, 4) is 0 Å². The molecule has 1 atom stereocenters. The van der Waals surface area contributed by atoms with Crippen LogP contribution in [0.4, 0.5) is 5.69 Å². The number of nitrogens with zero attached hydrogens (tertiary/aromatic N) is 1. The van der Waals surface area contributed by atoms with Crippen molar-refractivity contribution < 1.29 is 14.7 Å². The molecule has 0 aliphatic carbocycles.